The molecule has 2 heterocycles. The van der Waals surface area contributed by atoms with Crippen LogP contribution in [0.5, 0.6) is 0 Å². The molecule has 3 rings (SSSR count). The standard InChI is InChI=1S/C15H14N2O2S/c1-10(14(18)19)9-12-13(11-5-3-2-4-6-11)16-15-17(12)7-8-20-15/h2-6,9H,7-8H2,1H3,(H,18,19)/b10-9+. The van der Waals surface area contributed by atoms with E-state index < -0.39 is 5.97 Å². The summed E-state index contributed by atoms with van der Waals surface area (Å²) in [7, 11) is 0. The minimum atomic E-state index is -0.898. The molecule has 0 unspecified atom stereocenters. The van der Waals surface area contributed by atoms with Gasteiger partial charge in [-0.1, -0.05) is 42.1 Å². The van der Waals surface area contributed by atoms with E-state index in [1.807, 2.05) is 30.3 Å². The second kappa shape index (κ2) is 5.17. The quantitative estimate of drug-likeness (QED) is 0.881. The Labute approximate surface area is 121 Å². The van der Waals surface area contributed by atoms with Crippen molar-refractivity contribution in [3.05, 3.63) is 41.6 Å². The number of aliphatic carboxylic acids is 1. The number of carbonyl (C=O) groups is 1. The number of carboxylic acids is 1. The van der Waals surface area contributed by atoms with Gasteiger partial charge < -0.3 is 9.67 Å². The summed E-state index contributed by atoms with van der Waals surface area (Å²) in [6.07, 6.45) is 1.72. The first kappa shape index (κ1) is 13.0. The van der Waals surface area contributed by atoms with E-state index in [1.165, 1.54) is 0 Å². The van der Waals surface area contributed by atoms with Crippen LogP contribution in [0.4, 0.5) is 0 Å². The Kier molecular flexibility index (Phi) is 3.36. The van der Waals surface area contributed by atoms with E-state index in [0.717, 1.165) is 34.4 Å². The molecule has 0 amide bonds. The van der Waals surface area contributed by atoms with Crippen molar-refractivity contribution in [2.45, 2.75) is 18.6 Å². The van der Waals surface area contributed by atoms with E-state index in [1.54, 1.807) is 24.8 Å². The molecule has 0 saturated heterocycles. The number of hydrogen-bond donors (Lipinski definition) is 1. The number of benzene rings is 1. The first-order valence-electron chi connectivity index (χ1n) is 6.37. The molecule has 5 heteroatoms. The first-order valence-corrected chi connectivity index (χ1v) is 7.35. The van der Waals surface area contributed by atoms with Gasteiger partial charge in [0.15, 0.2) is 5.16 Å². The summed E-state index contributed by atoms with van der Waals surface area (Å²) in [6, 6.07) is 9.88. The third-order valence-electron chi connectivity index (χ3n) is 3.26. The summed E-state index contributed by atoms with van der Waals surface area (Å²) < 4.78 is 2.10. The fourth-order valence-corrected chi connectivity index (χ4v) is 3.18. The zero-order valence-electron chi connectivity index (χ0n) is 11.0. The number of fused-ring (bicyclic) bond motifs is 1. The molecule has 4 nitrogen and oxygen atoms in total. The summed E-state index contributed by atoms with van der Waals surface area (Å²) in [4.78, 5) is 15.7. The lowest BCUT2D eigenvalue weighted by Crippen LogP contribution is -2.01. The summed E-state index contributed by atoms with van der Waals surface area (Å²) in [5.74, 6) is 0.0925. The first-order chi connectivity index (χ1) is 9.66. The van der Waals surface area contributed by atoms with Gasteiger partial charge in [0.05, 0.1) is 11.4 Å². The maximum absolute atomic E-state index is 11.1. The number of carboxylic acid groups (broad SMARTS) is 1. The Morgan fingerprint density at radius 1 is 1.40 bits per heavy atom. The molecule has 1 aliphatic heterocycles. The van der Waals surface area contributed by atoms with Crippen molar-refractivity contribution in [1.82, 2.24) is 9.55 Å². The van der Waals surface area contributed by atoms with Gasteiger partial charge in [-0.25, -0.2) is 9.78 Å². The maximum Gasteiger partial charge on any atom is 0.331 e. The topological polar surface area (TPSA) is 55.1 Å². The Bertz CT molecular complexity index is 689. The summed E-state index contributed by atoms with van der Waals surface area (Å²) >= 11 is 1.71. The monoisotopic (exact) mass is 286 g/mol. The lowest BCUT2D eigenvalue weighted by molar-refractivity contribution is -0.132. The number of aromatic nitrogens is 2. The van der Waals surface area contributed by atoms with Crippen LogP contribution in [0.3, 0.4) is 0 Å². The summed E-state index contributed by atoms with van der Waals surface area (Å²) in [6.45, 7) is 2.48. The van der Waals surface area contributed by atoms with Crippen LogP contribution >= 0.6 is 11.8 Å². The molecule has 2 aromatic rings. The Morgan fingerprint density at radius 2 is 2.15 bits per heavy atom. The predicted octanol–water partition coefficient (Wildman–Crippen LogP) is 3.14. The summed E-state index contributed by atoms with van der Waals surface area (Å²) in [5, 5.41) is 10.1. The number of rotatable bonds is 3. The zero-order chi connectivity index (χ0) is 14.1. The van der Waals surface area contributed by atoms with Gasteiger partial charge in [-0.3, -0.25) is 0 Å². The number of hydrogen-bond acceptors (Lipinski definition) is 3. The minimum absolute atomic E-state index is 0.321. The van der Waals surface area contributed by atoms with Crippen LogP contribution in [-0.4, -0.2) is 26.4 Å². The number of nitrogens with zero attached hydrogens (tertiary/aromatic N) is 2. The highest BCUT2D eigenvalue weighted by molar-refractivity contribution is 7.99. The smallest absolute Gasteiger partial charge is 0.331 e. The van der Waals surface area contributed by atoms with Gasteiger partial charge >= 0.3 is 5.97 Å². The Morgan fingerprint density at radius 3 is 2.85 bits per heavy atom. The fraction of sp³-hybridized carbons (Fsp3) is 0.200. The molecule has 0 fully saturated rings. The predicted molar refractivity (Wildman–Crippen MR) is 79.7 cm³/mol. The fourth-order valence-electron chi connectivity index (χ4n) is 2.22. The van der Waals surface area contributed by atoms with Gasteiger partial charge in [-0.05, 0) is 13.0 Å². The van der Waals surface area contributed by atoms with Crippen molar-refractivity contribution in [3.63, 3.8) is 0 Å². The number of thioether (sulfide) groups is 1. The lowest BCUT2D eigenvalue weighted by atomic mass is 10.1. The van der Waals surface area contributed by atoms with Gasteiger partial charge in [0.25, 0.3) is 0 Å². The molecule has 102 valence electrons. The Hall–Kier alpha value is -2.01. The molecule has 1 aromatic heterocycles. The summed E-state index contributed by atoms with van der Waals surface area (Å²) in [5.41, 5.74) is 3.07. The molecule has 0 radical (unpaired) electrons. The molecule has 0 spiro atoms. The van der Waals surface area contributed by atoms with Crippen LogP contribution in [0.25, 0.3) is 17.3 Å². The van der Waals surface area contributed by atoms with Crippen molar-refractivity contribution in [1.29, 1.82) is 0 Å². The van der Waals surface area contributed by atoms with E-state index >= 15 is 0 Å². The van der Waals surface area contributed by atoms with Gasteiger partial charge in [0, 0.05) is 23.4 Å². The van der Waals surface area contributed by atoms with Crippen LogP contribution in [0.15, 0.2) is 41.1 Å². The van der Waals surface area contributed by atoms with E-state index in [2.05, 4.69) is 9.55 Å². The molecule has 1 aliphatic rings. The molecule has 0 atom stereocenters. The maximum atomic E-state index is 11.1. The van der Waals surface area contributed by atoms with Crippen LogP contribution in [-0.2, 0) is 11.3 Å². The highest BCUT2D eigenvalue weighted by Crippen LogP contribution is 2.34. The van der Waals surface area contributed by atoms with Crippen molar-refractivity contribution in [3.8, 4) is 11.3 Å². The highest BCUT2D eigenvalue weighted by atomic mass is 32.2. The number of imidazole rings is 1. The van der Waals surface area contributed by atoms with Crippen molar-refractivity contribution >= 4 is 23.8 Å². The average molecular weight is 286 g/mol. The third kappa shape index (κ3) is 2.25. The average Bonchev–Trinajstić information content (AvgIpc) is 3.02. The van der Waals surface area contributed by atoms with E-state index in [9.17, 15) is 4.79 Å². The molecule has 0 saturated carbocycles. The van der Waals surface area contributed by atoms with E-state index in [4.69, 9.17) is 5.11 Å². The molecule has 1 N–H and O–H groups in total. The lowest BCUT2D eigenvalue weighted by Gasteiger charge is -2.04. The second-order valence-corrected chi connectivity index (χ2v) is 5.69. The van der Waals surface area contributed by atoms with Gasteiger partial charge in [-0.15, -0.1) is 0 Å². The highest BCUT2D eigenvalue weighted by Gasteiger charge is 2.21. The molecule has 0 bridgehead atoms. The van der Waals surface area contributed by atoms with Crippen molar-refractivity contribution in [2.24, 2.45) is 0 Å². The normalized spacial score (nSPS) is 14.3. The zero-order valence-corrected chi connectivity index (χ0v) is 11.9. The van der Waals surface area contributed by atoms with Crippen LogP contribution in [0, 0.1) is 0 Å². The van der Waals surface area contributed by atoms with Crippen molar-refractivity contribution in [2.75, 3.05) is 5.75 Å². The molecule has 0 aliphatic carbocycles. The third-order valence-corrected chi connectivity index (χ3v) is 4.21. The molecular weight excluding hydrogens is 272 g/mol. The molecule has 20 heavy (non-hydrogen) atoms. The minimum Gasteiger partial charge on any atom is -0.478 e. The molecular formula is C15H14N2O2S. The molecule has 1 aromatic carbocycles. The van der Waals surface area contributed by atoms with Gasteiger partial charge in [0.2, 0.25) is 0 Å². The van der Waals surface area contributed by atoms with Gasteiger partial charge in [-0.2, -0.15) is 0 Å². The van der Waals surface area contributed by atoms with E-state index in [-0.39, 0.29) is 0 Å². The van der Waals surface area contributed by atoms with Gasteiger partial charge in [0.1, 0.15) is 0 Å². The second-order valence-electron chi connectivity index (χ2n) is 4.63. The van der Waals surface area contributed by atoms with Crippen LogP contribution < -0.4 is 0 Å². The SMILES string of the molecule is C/C(=C\c1c(-c2ccccc2)nc2n1CCS2)C(=O)O. The largest absolute Gasteiger partial charge is 0.478 e. The Balaban J connectivity index is 2.16. The van der Waals surface area contributed by atoms with Crippen LogP contribution in [0.2, 0.25) is 0 Å². The van der Waals surface area contributed by atoms with Crippen LogP contribution in [0.1, 0.15) is 12.6 Å². The van der Waals surface area contributed by atoms with Crippen molar-refractivity contribution < 1.29 is 9.90 Å². The van der Waals surface area contributed by atoms with E-state index in [0.29, 0.717) is 5.57 Å².